The first kappa shape index (κ1) is 24.4. The van der Waals surface area contributed by atoms with Crippen LogP contribution in [-0.2, 0) is 6.42 Å². The maximum absolute atomic E-state index is 14.9. The Morgan fingerprint density at radius 1 is 0.879 bits per heavy atom. The first-order chi connectivity index (χ1) is 16.1. The van der Waals surface area contributed by atoms with Crippen LogP contribution in [0, 0.1) is 29.4 Å². The van der Waals surface area contributed by atoms with Gasteiger partial charge in [-0.1, -0.05) is 50.8 Å². The van der Waals surface area contributed by atoms with Gasteiger partial charge in [0.1, 0.15) is 0 Å². The molecule has 2 fully saturated rings. The van der Waals surface area contributed by atoms with E-state index in [1.54, 1.807) is 0 Å². The second-order valence-corrected chi connectivity index (χ2v) is 10.9. The molecule has 0 radical (unpaired) electrons. The van der Waals surface area contributed by atoms with Crippen molar-refractivity contribution in [3.05, 3.63) is 59.7 Å². The van der Waals surface area contributed by atoms with E-state index in [9.17, 15) is 8.78 Å². The van der Waals surface area contributed by atoms with Crippen LogP contribution < -0.4 is 0 Å². The molecule has 4 rings (SSSR count). The number of benzene rings is 2. The lowest BCUT2D eigenvalue weighted by molar-refractivity contribution is 0.157. The zero-order valence-corrected chi connectivity index (χ0v) is 20.6. The molecule has 180 valence electrons. The van der Waals surface area contributed by atoms with Gasteiger partial charge in [-0.15, -0.1) is 6.58 Å². The number of aryl methyl sites for hydroxylation is 1. The van der Waals surface area contributed by atoms with Crippen molar-refractivity contribution in [2.45, 2.75) is 103 Å². The van der Waals surface area contributed by atoms with Gasteiger partial charge >= 0.3 is 0 Å². The van der Waals surface area contributed by atoms with Crippen LogP contribution in [0.4, 0.5) is 8.78 Å². The van der Waals surface area contributed by atoms with Crippen molar-refractivity contribution in [3.63, 3.8) is 0 Å². The summed E-state index contributed by atoms with van der Waals surface area (Å²) < 4.78 is 29.7. The average Bonchev–Trinajstić information content (AvgIpc) is 2.86. The molecule has 0 heterocycles. The Kier molecular flexibility index (Phi) is 8.61. The van der Waals surface area contributed by atoms with E-state index in [-0.39, 0.29) is 0 Å². The van der Waals surface area contributed by atoms with Crippen LogP contribution in [0.5, 0.6) is 0 Å². The summed E-state index contributed by atoms with van der Waals surface area (Å²) in [7, 11) is 0. The summed E-state index contributed by atoms with van der Waals surface area (Å²) in [5.74, 6) is 1.88. The summed E-state index contributed by atoms with van der Waals surface area (Å²) in [5.41, 5.74) is 1.73. The Bertz CT molecular complexity index is 914. The van der Waals surface area contributed by atoms with Crippen molar-refractivity contribution in [2.24, 2.45) is 17.8 Å². The molecule has 2 aromatic carbocycles. The van der Waals surface area contributed by atoms with Gasteiger partial charge in [0.2, 0.25) is 0 Å². The lowest BCUT2D eigenvalue weighted by Crippen LogP contribution is -2.25. The SMILES string of the molecule is C=CCCC1CCC(C2CCC(c3ccc4cc(CCCCC)c(F)c(F)c4c3)CC2)CC1. The summed E-state index contributed by atoms with van der Waals surface area (Å²) in [6, 6.07) is 8.01. The molecule has 0 nitrogen and oxygen atoms in total. The van der Waals surface area contributed by atoms with Crippen molar-refractivity contribution in [1.82, 2.24) is 0 Å². The van der Waals surface area contributed by atoms with Crippen molar-refractivity contribution >= 4 is 10.8 Å². The van der Waals surface area contributed by atoms with Gasteiger partial charge in [-0.25, -0.2) is 8.78 Å². The minimum atomic E-state index is -0.650. The Morgan fingerprint density at radius 3 is 2.24 bits per heavy atom. The molecule has 0 saturated heterocycles. The number of allylic oxidation sites excluding steroid dienone is 1. The smallest absolute Gasteiger partial charge is 0.166 e. The van der Waals surface area contributed by atoms with E-state index in [1.807, 2.05) is 18.2 Å². The highest BCUT2D eigenvalue weighted by atomic mass is 19.2. The van der Waals surface area contributed by atoms with Crippen LogP contribution in [0.1, 0.15) is 107 Å². The van der Waals surface area contributed by atoms with Crippen LogP contribution in [0.15, 0.2) is 36.9 Å². The second kappa shape index (κ2) is 11.6. The average molecular weight is 453 g/mol. The fourth-order valence-corrected chi connectivity index (χ4v) is 6.63. The number of halogens is 2. The summed E-state index contributed by atoms with van der Waals surface area (Å²) in [6.07, 6.45) is 18.8. The largest absolute Gasteiger partial charge is 0.203 e. The fraction of sp³-hybridized carbons (Fsp3) is 0.613. The third kappa shape index (κ3) is 5.87. The normalized spacial score (nSPS) is 25.9. The molecule has 2 aromatic rings. The van der Waals surface area contributed by atoms with Gasteiger partial charge in [-0.3, -0.25) is 0 Å². The predicted molar refractivity (Wildman–Crippen MR) is 137 cm³/mol. The lowest BCUT2D eigenvalue weighted by Gasteiger charge is -2.38. The molecule has 0 aromatic heterocycles. The number of unbranched alkanes of at least 4 members (excludes halogenated alkanes) is 2. The number of hydrogen-bond acceptors (Lipinski definition) is 0. The van der Waals surface area contributed by atoms with E-state index in [0.717, 1.165) is 48.8 Å². The van der Waals surface area contributed by atoms with Crippen molar-refractivity contribution in [2.75, 3.05) is 0 Å². The molecule has 33 heavy (non-hydrogen) atoms. The van der Waals surface area contributed by atoms with Gasteiger partial charge in [-0.2, -0.15) is 0 Å². The minimum Gasteiger partial charge on any atom is -0.203 e. The standard InChI is InChI=1S/C31H42F2/c1-3-5-7-9-28-20-27-19-18-26(21-29(27)31(33)30(28)32)25-16-14-24(15-17-25)23-12-10-22(11-13-23)8-6-4-2/h4,18-25H,2-3,5-17H2,1H3. The van der Waals surface area contributed by atoms with E-state index in [2.05, 4.69) is 25.6 Å². The van der Waals surface area contributed by atoms with E-state index in [4.69, 9.17) is 0 Å². The van der Waals surface area contributed by atoms with Crippen LogP contribution in [-0.4, -0.2) is 0 Å². The quantitative estimate of drug-likeness (QED) is 0.262. The van der Waals surface area contributed by atoms with E-state index in [1.165, 1.54) is 63.4 Å². The Morgan fingerprint density at radius 2 is 1.58 bits per heavy atom. The maximum Gasteiger partial charge on any atom is 0.166 e. The van der Waals surface area contributed by atoms with E-state index < -0.39 is 11.6 Å². The molecule has 0 spiro atoms. The molecule has 0 unspecified atom stereocenters. The predicted octanol–water partition coefficient (Wildman–Crippen LogP) is 9.90. The van der Waals surface area contributed by atoms with Crippen LogP contribution in [0.3, 0.4) is 0 Å². The number of hydrogen-bond donors (Lipinski definition) is 0. The van der Waals surface area contributed by atoms with Crippen LogP contribution in [0.2, 0.25) is 0 Å². The van der Waals surface area contributed by atoms with Crippen LogP contribution in [0.25, 0.3) is 10.8 Å². The summed E-state index contributed by atoms with van der Waals surface area (Å²) in [4.78, 5) is 0. The monoisotopic (exact) mass is 452 g/mol. The first-order valence-corrected chi connectivity index (χ1v) is 13.6. The third-order valence-corrected chi connectivity index (χ3v) is 8.75. The van der Waals surface area contributed by atoms with Crippen molar-refractivity contribution in [1.29, 1.82) is 0 Å². The van der Waals surface area contributed by atoms with Gasteiger partial charge in [0.15, 0.2) is 11.6 Å². The third-order valence-electron chi connectivity index (χ3n) is 8.75. The highest BCUT2D eigenvalue weighted by Gasteiger charge is 2.31. The summed E-state index contributed by atoms with van der Waals surface area (Å²) in [5, 5.41) is 1.30. The molecule has 0 N–H and O–H groups in total. The number of rotatable bonds is 9. The Balaban J connectivity index is 1.37. The highest BCUT2D eigenvalue weighted by Crippen LogP contribution is 2.45. The molecular weight excluding hydrogens is 410 g/mol. The van der Waals surface area contributed by atoms with Gasteiger partial charge in [0, 0.05) is 5.39 Å². The van der Waals surface area contributed by atoms with Gasteiger partial charge in [0.05, 0.1) is 0 Å². The molecule has 0 aliphatic heterocycles. The second-order valence-electron chi connectivity index (χ2n) is 10.9. The molecule has 0 amide bonds. The van der Waals surface area contributed by atoms with E-state index in [0.29, 0.717) is 23.3 Å². The minimum absolute atomic E-state index is 0.462. The zero-order valence-electron chi connectivity index (χ0n) is 20.6. The molecule has 2 aliphatic carbocycles. The zero-order chi connectivity index (χ0) is 23.2. The van der Waals surface area contributed by atoms with Gasteiger partial charge < -0.3 is 0 Å². The highest BCUT2D eigenvalue weighted by molar-refractivity contribution is 5.85. The van der Waals surface area contributed by atoms with Crippen molar-refractivity contribution < 1.29 is 8.78 Å². The number of fused-ring (bicyclic) bond motifs is 1. The molecule has 0 atom stereocenters. The van der Waals surface area contributed by atoms with Crippen LogP contribution >= 0.6 is 0 Å². The molecular formula is C31H42F2. The fourth-order valence-electron chi connectivity index (χ4n) is 6.63. The van der Waals surface area contributed by atoms with Gasteiger partial charge in [0.25, 0.3) is 0 Å². The molecule has 0 bridgehead atoms. The molecule has 2 heteroatoms. The first-order valence-electron chi connectivity index (χ1n) is 13.6. The summed E-state index contributed by atoms with van der Waals surface area (Å²) in [6.45, 7) is 6.00. The van der Waals surface area contributed by atoms with Crippen molar-refractivity contribution in [3.8, 4) is 0 Å². The summed E-state index contributed by atoms with van der Waals surface area (Å²) >= 11 is 0. The van der Waals surface area contributed by atoms with E-state index >= 15 is 0 Å². The molecule has 2 aliphatic rings. The maximum atomic E-state index is 14.9. The molecule has 2 saturated carbocycles. The Labute approximate surface area is 199 Å². The lowest BCUT2D eigenvalue weighted by atomic mass is 9.68. The Hall–Kier alpha value is -1.70. The topological polar surface area (TPSA) is 0 Å². The van der Waals surface area contributed by atoms with Gasteiger partial charge in [-0.05, 0) is 117 Å².